The van der Waals surface area contributed by atoms with E-state index in [4.69, 9.17) is 14.2 Å². The Labute approximate surface area is 205 Å². The molecule has 0 aromatic heterocycles. The van der Waals surface area contributed by atoms with Crippen LogP contribution in [0.3, 0.4) is 0 Å². The molecule has 0 saturated heterocycles. The van der Waals surface area contributed by atoms with Crippen LogP contribution < -0.4 is 4.74 Å². The molecular formula is C26H26BrO5S+. The minimum atomic E-state index is -0.522. The Kier molecular flexibility index (Phi) is 9.39. The number of esters is 2. The summed E-state index contributed by atoms with van der Waals surface area (Å²) in [5, 5.41) is 0. The number of halogens is 1. The number of carbonyl (C=O) groups excluding carboxylic acids is 2. The number of carbonyl (C=O) groups is 2. The van der Waals surface area contributed by atoms with Crippen molar-refractivity contribution in [2.24, 2.45) is 0 Å². The number of hydrogen-bond acceptors (Lipinski definition) is 5. The highest BCUT2D eigenvalue weighted by Crippen LogP contribution is 2.32. The standard InChI is InChI=1S/C26H26BrO5S/c1-19-8-12-23(13-9-19)33(22-6-4-3-5-7-22)24-14-10-21(11-15-24)32-18-25(28)30-16-17-31-26(29)20(2)27/h3-15,20H,16-18H2,1-2H3/q+1. The fourth-order valence-corrected chi connectivity index (χ4v) is 5.10. The van der Waals surface area contributed by atoms with Gasteiger partial charge in [-0.3, -0.25) is 4.79 Å². The van der Waals surface area contributed by atoms with Crippen LogP contribution in [0.5, 0.6) is 5.75 Å². The molecule has 0 saturated carbocycles. The first-order chi connectivity index (χ1) is 15.9. The van der Waals surface area contributed by atoms with E-state index in [0.717, 1.165) is 4.90 Å². The van der Waals surface area contributed by atoms with Crippen molar-refractivity contribution >= 4 is 38.8 Å². The largest absolute Gasteiger partial charge is 0.482 e. The molecular weight excluding hydrogens is 504 g/mol. The van der Waals surface area contributed by atoms with Gasteiger partial charge in [-0.15, -0.1) is 0 Å². The van der Waals surface area contributed by atoms with Gasteiger partial charge in [0.25, 0.3) is 0 Å². The van der Waals surface area contributed by atoms with E-state index >= 15 is 0 Å². The lowest BCUT2D eigenvalue weighted by atomic mass is 10.2. The summed E-state index contributed by atoms with van der Waals surface area (Å²) in [4.78, 5) is 26.4. The number of benzene rings is 3. The molecule has 0 fully saturated rings. The Hall–Kier alpha value is -2.77. The molecule has 2 unspecified atom stereocenters. The highest BCUT2D eigenvalue weighted by atomic mass is 79.9. The van der Waals surface area contributed by atoms with Crippen LogP contribution in [0.1, 0.15) is 12.5 Å². The molecule has 2 atom stereocenters. The van der Waals surface area contributed by atoms with Crippen molar-refractivity contribution in [3.05, 3.63) is 84.4 Å². The third kappa shape index (κ3) is 7.65. The van der Waals surface area contributed by atoms with E-state index in [1.807, 2.05) is 42.5 Å². The van der Waals surface area contributed by atoms with Crippen LogP contribution in [0.25, 0.3) is 0 Å². The minimum absolute atomic E-state index is 0.00994. The topological polar surface area (TPSA) is 61.8 Å². The Morgan fingerprint density at radius 2 is 1.36 bits per heavy atom. The average Bonchev–Trinajstić information content (AvgIpc) is 2.83. The third-order valence-corrected chi connectivity index (χ3v) is 7.17. The van der Waals surface area contributed by atoms with E-state index in [0.29, 0.717) is 5.75 Å². The van der Waals surface area contributed by atoms with Crippen molar-refractivity contribution in [2.75, 3.05) is 19.8 Å². The van der Waals surface area contributed by atoms with Gasteiger partial charge in [0.1, 0.15) is 23.8 Å². The lowest BCUT2D eigenvalue weighted by Crippen LogP contribution is -2.20. The molecule has 0 aliphatic carbocycles. The van der Waals surface area contributed by atoms with Crippen molar-refractivity contribution in [1.82, 2.24) is 0 Å². The summed E-state index contributed by atoms with van der Waals surface area (Å²) >= 11 is 3.11. The van der Waals surface area contributed by atoms with Gasteiger partial charge in [0.05, 0.1) is 10.9 Å². The SMILES string of the molecule is Cc1ccc([S+](c2ccccc2)c2ccc(OCC(=O)OCCOC(=O)C(C)Br)cc2)cc1. The second-order valence-electron chi connectivity index (χ2n) is 7.20. The van der Waals surface area contributed by atoms with Crippen LogP contribution in [0, 0.1) is 6.92 Å². The molecule has 0 aliphatic heterocycles. The maximum Gasteiger partial charge on any atom is 0.344 e. The van der Waals surface area contributed by atoms with E-state index < -0.39 is 16.8 Å². The summed E-state index contributed by atoms with van der Waals surface area (Å²) in [6.45, 7) is 3.53. The summed E-state index contributed by atoms with van der Waals surface area (Å²) in [7, 11) is -0.249. The third-order valence-electron chi connectivity index (χ3n) is 4.57. The number of ether oxygens (including phenoxy) is 3. The second-order valence-corrected chi connectivity index (χ2v) is 10.6. The van der Waals surface area contributed by atoms with E-state index in [9.17, 15) is 9.59 Å². The highest BCUT2D eigenvalue weighted by Gasteiger charge is 2.28. The first-order valence-electron chi connectivity index (χ1n) is 10.5. The van der Waals surface area contributed by atoms with E-state index in [1.54, 1.807) is 6.92 Å². The van der Waals surface area contributed by atoms with Crippen molar-refractivity contribution in [1.29, 1.82) is 0 Å². The van der Waals surface area contributed by atoms with Gasteiger partial charge in [-0.05, 0) is 62.4 Å². The summed E-state index contributed by atoms with van der Waals surface area (Å²) in [6.07, 6.45) is 0. The van der Waals surface area contributed by atoms with Crippen molar-refractivity contribution < 1.29 is 23.8 Å². The van der Waals surface area contributed by atoms with Gasteiger partial charge >= 0.3 is 11.9 Å². The van der Waals surface area contributed by atoms with Gasteiger partial charge in [-0.2, -0.15) is 0 Å². The molecule has 0 N–H and O–H groups in total. The Bertz CT molecular complexity index is 1040. The summed E-state index contributed by atoms with van der Waals surface area (Å²) in [5.74, 6) is -0.344. The van der Waals surface area contributed by atoms with E-state index in [-0.39, 0.29) is 30.7 Å². The fourth-order valence-electron chi connectivity index (χ4n) is 2.91. The van der Waals surface area contributed by atoms with Gasteiger partial charge in [-0.1, -0.05) is 51.8 Å². The van der Waals surface area contributed by atoms with Crippen LogP contribution in [-0.2, 0) is 30.0 Å². The average molecular weight is 530 g/mol. The molecule has 3 rings (SSSR count). The molecule has 5 nitrogen and oxygen atoms in total. The zero-order valence-electron chi connectivity index (χ0n) is 18.5. The summed E-state index contributed by atoms with van der Waals surface area (Å²) in [5.41, 5.74) is 1.22. The van der Waals surface area contributed by atoms with Crippen molar-refractivity contribution in [2.45, 2.75) is 33.4 Å². The maximum atomic E-state index is 11.9. The van der Waals surface area contributed by atoms with Gasteiger partial charge in [-0.25, -0.2) is 4.79 Å². The predicted octanol–water partition coefficient (Wildman–Crippen LogP) is 5.34. The first kappa shape index (κ1) is 24.9. The molecule has 0 amide bonds. The number of hydrogen-bond donors (Lipinski definition) is 0. The van der Waals surface area contributed by atoms with Crippen LogP contribution >= 0.6 is 15.9 Å². The normalized spacial score (nSPS) is 12.5. The van der Waals surface area contributed by atoms with E-state index in [1.165, 1.54) is 15.4 Å². The molecule has 0 radical (unpaired) electrons. The Morgan fingerprint density at radius 3 is 1.97 bits per heavy atom. The molecule has 0 heterocycles. The van der Waals surface area contributed by atoms with Crippen molar-refractivity contribution in [3.8, 4) is 5.75 Å². The monoisotopic (exact) mass is 529 g/mol. The fraction of sp³-hybridized carbons (Fsp3) is 0.231. The summed E-state index contributed by atoms with van der Waals surface area (Å²) < 4.78 is 15.5. The molecule has 0 bridgehead atoms. The van der Waals surface area contributed by atoms with Crippen LogP contribution in [-0.4, -0.2) is 36.6 Å². The lowest BCUT2D eigenvalue weighted by Gasteiger charge is -2.10. The van der Waals surface area contributed by atoms with Crippen LogP contribution in [0.4, 0.5) is 0 Å². The van der Waals surface area contributed by atoms with Crippen LogP contribution in [0.2, 0.25) is 0 Å². The second kappa shape index (κ2) is 12.5. The number of rotatable bonds is 10. The smallest absolute Gasteiger partial charge is 0.344 e. The van der Waals surface area contributed by atoms with E-state index in [2.05, 4.69) is 59.3 Å². The molecule has 7 heteroatoms. The zero-order chi connectivity index (χ0) is 23.6. The number of alkyl halides is 1. The molecule has 0 spiro atoms. The molecule has 0 aliphatic rings. The molecule has 172 valence electrons. The highest BCUT2D eigenvalue weighted by molar-refractivity contribution is 9.10. The molecule has 33 heavy (non-hydrogen) atoms. The van der Waals surface area contributed by atoms with Crippen molar-refractivity contribution in [3.63, 3.8) is 0 Å². The predicted molar refractivity (Wildman–Crippen MR) is 132 cm³/mol. The van der Waals surface area contributed by atoms with Gasteiger partial charge in [0.2, 0.25) is 0 Å². The zero-order valence-corrected chi connectivity index (χ0v) is 20.9. The lowest BCUT2D eigenvalue weighted by molar-refractivity contribution is -0.153. The van der Waals surface area contributed by atoms with Crippen LogP contribution in [0.15, 0.2) is 93.5 Å². The minimum Gasteiger partial charge on any atom is -0.482 e. The Balaban J connectivity index is 1.59. The first-order valence-corrected chi connectivity index (χ1v) is 12.6. The summed E-state index contributed by atoms with van der Waals surface area (Å²) in [6, 6.07) is 26.8. The maximum absolute atomic E-state index is 11.9. The Morgan fingerprint density at radius 1 is 0.818 bits per heavy atom. The number of aryl methyl sites for hydroxylation is 1. The molecule has 3 aromatic carbocycles. The van der Waals surface area contributed by atoms with Gasteiger partial charge < -0.3 is 14.2 Å². The van der Waals surface area contributed by atoms with Gasteiger partial charge in [0.15, 0.2) is 21.3 Å². The van der Waals surface area contributed by atoms with Gasteiger partial charge in [0, 0.05) is 0 Å². The molecule has 3 aromatic rings. The quantitative estimate of drug-likeness (QED) is 0.153.